The second-order valence-corrected chi connectivity index (χ2v) is 6.05. The molecule has 1 fully saturated rings. The molecule has 6 heteroatoms. The van der Waals surface area contributed by atoms with E-state index in [9.17, 15) is 9.59 Å². The quantitative estimate of drug-likeness (QED) is 0.842. The SMILES string of the molecule is COc1ccc(C=C2SC(=O)NC2=O)cc1OCc1ccccc1. The summed E-state index contributed by atoms with van der Waals surface area (Å²) in [6.45, 7) is 0.408. The molecule has 122 valence electrons. The van der Waals surface area contributed by atoms with Gasteiger partial charge in [0.15, 0.2) is 11.5 Å². The minimum absolute atomic E-state index is 0.360. The number of amides is 2. The summed E-state index contributed by atoms with van der Waals surface area (Å²) in [4.78, 5) is 23.2. The molecule has 0 aromatic heterocycles. The van der Waals surface area contributed by atoms with Crippen molar-refractivity contribution < 1.29 is 19.1 Å². The molecule has 1 N–H and O–H groups in total. The van der Waals surface area contributed by atoms with Gasteiger partial charge >= 0.3 is 0 Å². The molecule has 1 aliphatic heterocycles. The van der Waals surface area contributed by atoms with E-state index in [1.54, 1.807) is 31.4 Å². The molecule has 2 aromatic carbocycles. The molecule has 0 radical (unpaired) electrons. The van der Waals surface area contributed by atoms with Crippen molar-refractivity contribution in [3.8, 4) is 11.5 Å². The second-order valence-electron chi connectivity index (χ2n) is 5.04. The first-order valence-corrected chi connectivity index (χ1v) is 8.07. The largest absolute Gasteiger partial charge is 0.493 e. The summed E-state index contributed by atoms with van der Waals surface area (Å²) in [5, 5.41) is 1.87. The predicted octanol–water partition coefficient (Wildman–Crippen LogP) is 3.60. The summed E-state index contributed by atoms with van der Waals surface area (Å²) in [6, 6.07) is 15.2. The summed E-state index contributed by atoms with van der Waals surface area (Å²) in [5.74, 6) is 0.797. The summed E-state index contributed by atoms with van der Waals surface area (Å²) >= 11 is 0.884. The van der Waals surface area contributed by atoms with E-state index < -0.39 is 0 Å². The molecule has 0 spiro atoms. The summed E-state index contributed by atoms with van der Waals surface area (Å²) in [6.07, 6.45) is 1.65. The first kappa shape index (κ1) is 16.1. The van der Waals surface area contributed by atoms with E-state index in [0.29, 0.717) is 23.0 Å². The number of thioether (sulfide) groups is 1. The fourth-order valence-corrected chi connectivity index (χ4v) is 2.89. The zero-order valence-corrected chi connectivity index (χ0v) is 13.8. The Kier molecular flexibility index (Phi) is 4.86. The van der Waals surface area contributed by atoms with E-state index in [-0.39, 0.29) is 11.1 Å². The van der Waals surface area contributed by atoms with Crippen LogP contribution in [0.25, 0.3) is 6.08 Å². The van der Waals surface area contributed by atoms with Crippen LogP contribution < -0.4 is 14.8 Å². The molecular weight excluding hydrogens is 326 g/mol. The van der Waals surface area contributed by atoms with E-state index >= 15 is 0 Å². The third kappa shape index (κ3) is 3.78. The normalized spacial score (nSPS) is 15.5. The van der Waals surface area contributed by atoms with E-state index in [2.05, 4.69) is 5.32 Å². The number of rotatable bonds is 5. The molecule has 5 nitrogen and oxygen atoms in total. The lowest BCUT2D eigenvalue weighted by Crippen LogP contribution is -2.17. The number of methoxy groups -OCH3 is 1. The number of hydrogen-bond acceptors (Lipinski definition) is 5. The van der Waals surface area contributed by atoms with E-state index in [0.717, 1.165) is 22.9 Å². The third-order valence-electron chi connectivity index (χ3n) is 3.36. The average molecular weight is 341 g/mol. The molecule has 0 saturated carbocycles. The van der Waals surface area contributed by atoms with Crippen LogP contribution in [0.5, 0.6) is 11.5 Å². The van der Waals surface area contributed by atoms with Crippen LogP contribution in [0.4, 0.5) is 4.79 Å². The van der Waals surface area contributed by atoms with Crippen molar-refractivity contribution in [2.24, 2.45) is 0 Å². The van der Waals surface area contributed by atoms with Crippen LogP contribution in [-0.4, -0.2) is 18.3 Å². The zero-order valence-electron chi connectivity index (χ0n) is 12.9. The molecule has 0 bridgehead atoms. The molecule has 1 heterocycles. The highest BCUT2D eigenvalue weighted by Crippen LogP contribution is 2.32. The standard InChI is InChI=1S/C18H15NO4S/c1-22-14-8-7-13(10-16-17(20)19-18(21)24-16)9-15(14)23-11-12-5-3-2-4-6-12/h2-10H,11H2,1H3,(H,19,20,21). The first-order chi connectivity index (χ1) is 11.7. The minimum Gasteiger partial charge on any atom is -0.493 e. The van der Waals surface area contributed by atoms with E-state index in [4.69, 9.17) is 9.47 Å². The topological polar surface area (TPSA) is 64.6 Å². The predicted molar refractivity (Wildman–Crippen MR) is 92.9 cm³/mol. The number of nitrogens with one attached hydrogen (secondary N) is 1. The van der Waals surface area contributed by atoms with Gasteiger partial charge in [-0.1, -0.05) is 36.4 Å². The van der Waals surface area contributed by atoms with Crippen LogP contribution in [0.3, 0.4) is 0 Å². The smallest absolute Gasteiger partial charge is 0.290 e. The van der Waals surface area contributed by atoms with Crippen molar-refractivity contribution in [2.45, 2.75) is 6.61 Å². The van der Waals surface area contributed by atoms with Crippen molar-refractivity contribution in [2.75, 3.05) is 7.11 Å². The van der Waals surface area contributed by atoms with Gasteiger partial charge in [0.25, 0.3) is 11.1 Å². The number of imide groups is 1. The molecule has 1 aliphatic rings. The maximum absolute atomic E-state index is 11.6. The third-order valence-corrected chi connectivity index (χ3v) is 4.18. The van der Waals surface area contributed by atoms with Gasteiger partial charge in [-0.3, -0.25) is 14.9 Å². The Morgan fingerprint density at radius 2 is 1.88 bits per heavy atom. The number of hydrogen-bond donors (Lipinski definition) is 1. The van der Waals surface area contributed by atoms with Crippen molar-refractivity contribution in [3.63, 3.8) is 0 Å². The number of carbonyl (C=O) groups is 2. The van der Waals surface area contributed by atoms with Crippen molar-refractivity contribution in [3.05, 3.63) is 64.6 Å². The lowest BCUT2D eigenvalue weighted by atomic mass is 10.2. The maximum atomic E-state index is 11.6. The highest BCUT2D eigenvalue weighted by Gasteiger charge is 2.25. The van der Waals surface area contributed by atoms with Gasteiger partial charge in [-0.25, -0.2) is 0 Å². The monoisotopic (exact) mass is 341 g/mol. The Bertz CT molecular complexity index is 802. The first-order valence-electron chi connectivity index (χ1n) is 7.25. The van der Waals surface area contributed by atoms with Crippen LogP contribution in [0.2, 0.25) is 0 Å². The van der Waals surface area contributed by atoms with Gasteiger partial charge in [0, 0.05) is 0 Å². The van der Waals surface area contributed by atoms with Gasteiger partial charge in [-0.2, -0.15) is 0 Å². The van der Waals surface area contributed by atoms with Crippen LogP contribution in [-0.2, 0) is 11.4 Å². The van der Waals surface area contributed by atoms with Gasteiger partial charge in [0.2, 0.25) is 0 Å². The van der Waals surface area contributed by atoms with Crippen molar-refractivity contribution in [1.29, 1.82) is 0 Å². The summed E-state index contributed by atoms with van der Waals surface area (Å²) < 4.78 is 11.2. The van der Waals surface area contributed by atoms with Crippen LogP contribution >= 0.6 is 11.8 Å². The molecule has 0 atom stereocenters. The number of carbonyl (C=O) groups excluding carboxylic acids is 2. The molecule has 2 amide bonds. The van der Waals surface area contributed by atoms with Gasteiger partial charge in [0.1, 0.15) is 6.61 Å². The Hall–Kier alpha value is -2.73. The Balaban J connectivity index is 1.81. The Labute approximate surface area is 143 Å². The van der Waals surface area contributed by atoms with E-state index in [1.165, 1.54) is 0 Å². The van der Waals surface area contributed by atoms with Crippen LogP contribution in [0.1, 0.15) is 11.1 Å². The second kappa shape index (κ2) is 7.23. The fraction of sp³-hybridized carbons (Fsp3) is 0.111. The lowest BCUT2D eigenvalue weighted by molar-refractivity contribution is -0.115. The molecule has 0 aliphatic carbocycles. The van der Waals surface area contributed by atoms with Crippen molar-refractivity contribution in [1.82, 2.24) is 5.32 Å². The van der Waals surface area contributed by atoms with Gasteiger partial charge in [-0.05, 0) is 41.1 Å². The summed E-state index contributed by atoms with van der Waals surface area (Å²) in [5.41, 5.74) is 1.80. The maximum Gasteiger partial charge on any atom is 0.290 e. The average Bonchev–Trinajstić information content (AvgIpc) is 2.91. The number of ether oxygens (including phenoxy) is 2. The number of benzene rings is 2. The lowest BCUT2D eigenvalue weighted by Gasteiger charge is -2.11. The molecule has 24 heavy (non-hydrogen) atoms. The highest BCUT2D eigenvalue weighted by atomic mass is 32.2. The van der Waals surface area contributed by atoms with Crippen molar-refractivity contribution >= 4 is 29.0 Å². The van der Waals surface area contributed by atoms with Gasteiger partial charge in [0.05, 0.1) is 12.0 Å². The molecular formula is C18H15NO4S. The molecule has 2 aromatic rings. The molecule has 1 saturated heterocycles. The van der Waals surface area contributed by atoms with Gasteiger partial charge < -0.3 is 9.47 Å². The van der Waals surface area contributed by atoms with E-state index in [1.807, 2.05) is 30.3 Å². The highest BCUT2D eigenvalue weighted by molar-refractivity contribution is 8.18. The molecule has 3 rings (SSSR count). The minimum atomic E-state index is -0.382. The zero-order chi connectivity index (χ0) is 16.9. The Morgan fingerprint density at radius 3 is 2.54 bits per heavy atom. The summed E-state index contributed by atoms with van der Waals surface area (Å²) in [7, 11) is 1.57. The van der Waals surface area contributed by atoms with Crippen LogP contribution in [0, 0.1) is 0 Å². The Morgan fingerprint density at radius 1 is 1.08 bits per heavy atom. The molecule has 0 unspecified atom stereocenters. The van der Waals surface area contributed by atoms with Crippen LogP contribution in [0.15, 0.2) is 53.4 Å². The fourth-order valence-electron chi connectivity index (χ4n) is 2.20. The van der Waals surface area contributed by atoms with Gasteiger partial charge in [-0.15, -0.1) is 0 Å².